The first-order valence-electron chi connectivity index (χ1n) is 4.28. The molecule has 0 bridgehead atoms. The first-order valence-corrected chi connectivity index (χ1v) is 4.65. The lowest BCUT2D eigenvalue weighted by molar-refractivity contribution is -0.149. The maximum atomic E-state index is 10.4. The van der Waals surface area contributed by atoms with E-state index in [9.17, 15) is 4.79 Å². The molecule has 0 saturated carbocycles. The zero-order valence-corrected chi connectivity index (χ0v) is 8.81. The fourth-order valence-electron chi connectivity index (χ4n) is 0.803. The molecule has 1 unspecified atom stereocenters. The van der Waals surface area contributed by atoms with Crippen LogP contribution in [0.25, 0.3) is 0 Å². The number of rotatable bonds is 4. The molecule has 0 spiro atoms. The van der Waals surface area contributed by atoms with E-state index in [0.29, 0.717) is 10.6 Å². The lowest BCUT2D eigenvalue weighted by atomic mass is 10.2. The molecular weight excluding hydrogens is 218 g/mol. The molecule has 0 amide bonds. The second-order valence-electron chi connectivity index (χ2n) is 2.84. The molecule has 1 aromatic rings. The summed E-state index contributed by atoms with van der Waals surface area (Å²) in [5, 5.41) is 12.6. The van der Waals surface area contributed by atoms with E-state index in [1.807, 2.05) is 0 Å². The van der Waals surface area contributed by atoms with Crippen LogP contribution in [-0.2, 0) is 9.63 Å². The Morgan fingerprint density at radius 2 is 2.27 bits per heavy atom. The van der Waals surface area contributed by atoms with Gasteiger partial charge in [0, 0.05) is 10.6 Å². The van der Waals surface area contributed by atoms with E-state index in [2.05, 4.69) is 9.99 Å². The predicted octanol–water partition coefficient (Wildman–Crippen LogP) is 2.16. The van der Waals surface area contributed by atoms with Crippen molar-refractivity contribution in [1.82, 2.24) is 0 Å². The number of carboxylic acids is 1. The molecule has 0 heterocycles. The minimum absolute atomic E-state index is 0.535. The van der Waals surface area contributed by atoms with Crippen LogP contribution in [0.15, 0.2) is 29.4 Å². The minimum Gasteiger partial charge on any atom is -0.478 e. The summed E-state index contributed by atoms with van der Waals surface area (Å²) in [6.45, 7) is 1.40. The molecule has 80 valence electrons. The third kappa shape index (κ3) is 3.59. The zero-order chi connectivity index (χ0) is 11.3. The molecular formula is C10H10ClNO3. The normalized spacial score (nSPS) is 12.7. The smallest absolute Gasteiger partial charge is 0.347 e. The van der Waals surface area contributed by atoms with Gasteiger partial charge in [0.15, 0.2) is 0 Å². The second kappa shape index (κ2) is 5.36. The third-order valence-electron chi connectivity index (χ3n) is 1.66. The number of hydrogen-bond acceptors (Lipinski definition) is 3. The van der Waals surface area contributed by atoms with Gasteiger partial charge in [-0.25, -0.2) is 4.79 Å². The second-order valence-corrected chi connectivity index (χ2v) is 3.25. The Kier molecular flexibility index (Phi) is 4.12. The van der Waals surface area contributed by atoms with Crippen molar-refractivity contribution in [1.29, 1.82) is 0 Å². The molecule has 1 aromatic carbocycles. The molecule has 0 radical (unpaired) electrons. The average Bonchev–Trinajstić information content (AvgIpc) is 2.20. The van der Waals surface area contributed by atoms with Crippen LogP contribution < -0.4 is 0 Å². The Balaban J connectivity index is 2.59. The van der Waals surface area contributed by atoms with E-state index in [1.165, 1.54) is 13.1 Å². The highest BCUT2D eigenvalue weighted by Crippen LogP contribution is 2.12. The van der Waals surface area contributed by atoms with E-state index in [4.69, 9.17) is 16.7 Å². The Labute approximate surface area is 92.1 Å². The number of benzene rings is 1. The van der Waals surface area contributed by atoms with E-state index in [1.54, 1.807) is 24.3 Å². The summed E-state index contributed by atoms with van der Waals surface area (Å²) in [4.78, 5) is 15.1. The first kappa shape index (κ1) is 11.5. The Morgan fingerprint density at radius 1 is 1.60 bits per heavy atom. The number of aliphatic carboxylic acids is 1. The SMILES string of the molecule is CC(O/N=C/c1ccccc1Cl)C(=O)O. The largest absolute Gasteiger partial charge is 0.478 e. The summed E-state index contributed by atoms with van der Waals surface area (Å²) in [6, 6.07) is 7.05. The molecule has 0 fully saturated rings. The number of carbonyl (C=O) groups is 1. The van der Waals surface area contributed by atoms with Crippen LogP contribution in [0.3, 0.4) is 0 Å². The van der Waals surface area contributed by atoms with Gasteiger partial charge in [0.05, 0.1) is 6.21 Å². The van der Waals surface area contributed by atoms with E-state index >= 15 is 0 Å². The number of nitrogens with zero attached hydrogens (tertiary/aromatic N) is 1. The average molecular weight is 228 g/mol. The standard InChI is InChI=1S/C10H10ClNO3/c1-7(10(13)14)15-12-6-8-4-2-3-5-9(8)11/h2-7H,1H3,(H,13,14)/b12-6+. The van der Waals surface area contributed by atoms with E-state index in [-0.39, 0.29) is 0 Å². The predicted molar refractivity (Wildman–Crippen MR) is 57.2 cm³/mol. The van der Waals surface area contributed by atoms with Crippen LogP contribution in [0.5, 0.6) is 0 Å². The van der Waals surface area contributed by atoms with Crippen LogP contribution in [0.1, 0.15) is 12.5 Å². The maximum absolute atomic E-state index is 10.4. The van der Waals surface area contributed by atoms with Crippen molar-refractivity contribution in [3.63, 3.8) is 0 Å². The minimum atomic E-state index is -1.06. The van der Waals surface area contributed by atoms with Crippen molar-refractivity contribution in [2.45, 2.75) is 13.0 Å². The molecule has 1 N–H and O–H groups in total. The first-order chi connectivity index (χ1) is 7.11. The molecule has 0 aliphatic heterocycles. The topological polar surface area (TPSA) is 58.9 Å². The molecule has 0 saturated heterocycles. The summed E-state index contributed by atoms with van der Waals surface area (Å²) in [6.07, 6.45) is 0.408. The Hall–Kier alpha value is -1.55. The summed E-state index contributed by atoms with van der Waals surface area (Å²) in [5.74, 6) is -1.06. The van der Waals surface area contributed by atoms with Crippen molar-refractivity contribution in [3.05, 3.63) is 34.9 Å². The van der Waals surface area contributed by atoms with Gasteiger partial charge in [-0.1, -0.05) is 35.0 Å². The van der Waals surface area contributed by atoms with E-state index < -0.39 is 12.1 Å². The van der Waals surface area contributed by atoms with Gasteiger partial charge in [-0.05, 0) is 13.0 Å². The van der Waals surface area contributed by atoms with Crippen molar-refractivity contribution >= 4 is 23.8 Å². The molecule has 15 heavy (non-hydrogen) atoms. The molecule has 1 rings (SSSR count). The van der Waals surface area contributed by atoms with Gasteiger partial charge in [-0.2, -0.15) is 0 Å². The number of halogens is 1. The van der Waals surface area contributed by atoms with E-state index in [0.717, 1.165) is 0 Å². The van der Waals surface area contributed by atoms with Gasteiger partial charge in [-0.15, -0.1) is 0 Å². The van der Waals surface area contributed by atoms with Crippen molar-refractivity contribution < 1.29 is 14.7 Å². The van der Waals surface area contributed by atoms with Crippen molar-refractivity contribution in [2.75, 3.05) is 0 Å². The van der Waals surface area contributed by atoms with Gasteiger partial charge in [0.2, 0.25) is 6.10 Å². The summed E-state index contributed by atoms with van der Waals surface area (Å²) in [5.41, 5.74) is 0.678. The van der Waals surface area contributed by atoms with Crippen LogP contribution in [-0.4, -0.2) is 23.4 Å². The van der Waals surface area contributed by atoms with Gasteiger partial charge in [0.1, 0.15) is 0 Å². The third-order valence-corrected chi connectivity index (χ3v) is 2.01. The van der Waals surface area contributed by atoms with Crippen LogP contribution in [0.4, 0.5) is 0 Å². The monoisotopic (exact) mass is 227 g/mol. The lowest BCUT2D eigenvalue weighted by Crippen LogP contribution is -2.17. The number of oxime groups is 1. The van der Waals surface area contributed by atoms with Crippen LogP contribution in [0, 0.1) is 0 Å². The Bertz CT molecular complexity index is 379. The maximum Gasteiger partial charge on any atom is 0.347 e. The fourth-order valence-corrected chi connectivity index (χ4v) is 0.988. The highest BCUT2D eigenvalue weighted by Gasteiger charge is 2.10. The fraction of sp³-hybridized carbons (Fsp3) is 0.200. The highest BCUT2D eigenvalue weighted by atomic mass is 35.5. The van der Waals surface area contributed by atoms with Gasteiger partial charge >= 0.3 is 5.97 Å². The van der Waals surface area contributed by atoms with Crippen LogP contribution >= 0.6 is 11.6 Å². The lowest BCUT2D eigenvalue weighted by Gasteiger charge is -2.02. The van der Waals surface area contributed by atoms with Crippen molar-refractivity contribution in [2.24, 2.45) is 5.16 Å². The summed E-state index contributed by atoms with van der Waals surface area (Å²) in [7, 11) is 0. The number of hydrogen-bond donors (Lipinski definition) is 1. The van der Waals surface area contributed by atoms with Gasteiger partial charge < -0.3 is 9.94 Å². The summed E-state index contributed by atoms with van der Waals surface area (Å²) >= 11 is 5.84. The van der Waals surface area contributed by atoms with Crippen LogP contribution in [0.2, 0.25) is 5.02 Å². The molecule has 0 aliphatic carbocycles. The van der Waals surface area contributed by atoms with Gasteiger partial charge in [0.25, 0.3) is 0 Å². The highest BCUT2D eigenvalue weighted by molar-refractivity contribution is 6.33. The summed E-state index contributed by atoms with van der Waals surface area (Å²) < 4.78 is 0. The number of carboxylic acid groups (broad SMARTS) is 1. The van der Waals surface area contributed by atoms with Gasteiger partial charge in [-0.3, -0.25) is 0 Å². The molecule has 0 aliphatic rings. The molecule has 0 aromatic heterocycles. The molecule has 1 atom stereocenters. The zero-order valence-electron chi connectivity index (χ0n) is 8.05. The quantitative estimate of drug-likeness (QED) is 0.634. The Morgan fingerprint density at radius 3 is 2.87 bits per heavy atom. The molecule has 4 nitrogen and oxygen atoms in total. The van der Waals surface area contributed by atoms with Crippen molar-refractivity contribution in [3.8, 4) is 0 Å². The molecule has 5 heteroatoms.